The molecule has 1 aliphatic rings. The Morgan fingerprint density at radius 2 is 2.08 bits per heavy atom. The van der Waals surface area contributed by atoms with Gasteiger partial charge in [0, 0.05) is 12.2 Å². The van der Waals surface area contributed by atoms with Crippen molar-refractivity contribution in [2.45, 2.75) is 51.0 Å². The number of nitrogens with one attached hydrogen (secondary N) is 1. The van der Waals surface area contributed by atoms with Crippen molar-refractivity contribution in [2.75, 3.05) is 13.2 Å². The van der Waals surface area contributed by atoms with E-state index >= 15 is 0 Å². The minimum atomic E-state index is -3.54. The molecule has 136 valence electrons. The van der Waals surface area contributed by atoms with Crippen LogP contribution in [0.5, 0.6) is 5.75 Å². The van der Waals surface area contributed by atoms with Gasteiger partial charge in [-0.05, 0) is 68.9 Å². The van der Waals surface area contributed by atoms with E-state index in [-0.39, 0.29) is 4.90 Å². The second kappa shape index (κ2) is 7.58. The van der Waals surface area contributed by atoms with Gasteiger partial charge in [-0.1, -0.05) is 0 Å². The predicted octanol–water partition coefficient (Wildman–Crippen LogP) is 2.45. The first-order valence-corrected chi connectivity index (χ1v) is 10.3. The maximum Gasteiger partial charge on any atom is 0.240 e. The maximum absolute atomic E-state index is 12.5. The number of nitrogens with zero attached hydrogens (tertiary/aromatic N) is 2. The average molecular weight is 363 g/mol. The Kier molecular flexibility index (Phi) is 5.44. The summed E-state index contributed by atoms with van der Waals surface area (Å²) in [4.78, 5) is 0.260. The van der Waals surface area contributed by atoms with Crippen LogP contribution in [0.1, 0.15) is 36.6 Å². The van der Waals surface area contributed by atoms with Gasteiger partial charge in [-0.2, -0.15) is 5.10 Å². The maximum atomic E-state index is 12.5. The lowest BCUT2D eigenvalue weighted by molar-refractivity contribution is 0.337. The number of fused-ring (bicyclic) bond motifs is 1. The first kappa shape index (κ1) is 17.9. The van der Waals surface area contributed by atoms with E-state index in [1.165, 1.54) is 24.1 Å². The van der Waals surface area contributed by atoms with E-state index in [1.54, 1.807) is 18.2 Å². The summed E-state index contributed by atoms with van der Waals surface area (Å²) in [5, 5.41) is 4.40. The SMILES string of the molecule is CCOc1ccc(S(=O)(=O)NCCn2ncc3c2CCCC3)cc1C. The summed E-state index contributed by atoms with van der Waals surface area (Å²) in [7, 11) is -3.54. The Hall–Kier alpha value is -1.86. The smallest absolute Gasteiger partial charge is 0.240 e. The Balaban J connectivity index is 1.64. The molecule has 2 aromatic rings. The molecule has 0 spiro atoms. The molecule has 0 bridgehead atoms. The fourth-order valence-corrected chi connectivity index (χ4v) is 4.33. The fourth-order valence-electron chi connectivity index (χ4n) is 3.22. The molecule has 1 aliphatic carbocycles. The molecule has 1 heterocycles. The van der Waals surface area contributed by atoms with Crippen molar-refractivity contribution < 1.29 is 13.2 Å². The first-order chi connectivity index (χ1) is 12.0. The average Bonchev–Trinajstić information content (AvgIpc) is 3.00. The summed E-state index contributed by atoms with van der Waals surface area (Å²) in [5.41, 5.74) is 3.37. The van der Waals surface area contributed by atoms with Crippen molar-refractivity contribution in [1.29, 1.82) is 0 Å². The molecule has 3 rings (SSSR count). The minimum absolute atomic E-state index is 0.260. The number of benzene rings is 1. The Labute approximate surface area is 149 Å². The topological polar surface area (TPSA) is 73.2 Å². The van der Waals surface area contributed by atoms with Crippen LogP contribution in [-0.4, -0.2) is 31.3 Å². The second-order valence-electron chi connectivity index (χ2n) is 6.30. The van der Waals surface area contributed by atoms with Crippen molar-refractivity contribution in [3.8, 4) is 5.75 Å². The monoisotopic (exact) mass is 363 g/mol. The Morgan fingerprint density at radius 3 is 2.84 bits per heavy atom. The van der Waals surface area contributed by atoms with Gasteiger partial charge < -0.3 is 4.74 Å². The van der Waals surface area contributed by atoms with Crippen LogP contribution in [-0.2, 0) is 29.4 Å². The molecule has 0 fully saturated rings. The number of aryl methyl sites for hydroxylation is 2. The van der Waals surface area contributed by atoms with Gasteiger partial charge in [0.25, 0.3) is 0 Å². The van der Waals surface area contributed by atoms with E-state index in [2.05, 4.69) is 9.82 Å². The van der Waals surface area contributed by atoms with E-state index in [9.17, 15) is 8.42 Å². The molecule has 0 amide bonds. The van der Waals surface area contributed by atoms with Crippen molar-refractivity contribution >= 4 is 10.0 Å². The summed E-state index contributed by atoms with van der Waals surface area (Å²) in [5.74, 6) is 0.713. The molecule has 1 aromatic heterocycles. The number of ether oxygens (including phenoxy) is 1. The minimum Gasteiger partial charge on any atom is -0.494 e. The van der Waals surface area contributed by atoms with E-state index in [4.69, 9.17) is 4.74 Å². The van der Waals surface area contributed by atoms with Gasteiger partial charge in [-0.15, -0.1) is 0 Å². The van der Waals surface area contributed by atoms with Crippen molar-refractivity contribution in [1.82, 2.24) is 14.5 Å². The number of sulfonamides is 1. The molecule has 0 radical (unpaired) electrons. The van der Waals surface area contributed by atoms with Crippen LogP contribution < -0.4 is 9.46 Å². The third kappa shape index (κ3) is 4.04. The van der Waals surface area contributed by atoms with Gasteiger partial charge in [0.15, 0.2) is 0 Å². The summed E-state index contributed by atoms with van der Waals surface area (Å²) < 4.78 is 35.0. The summed E-state index contributed by atoms with van der Waals surface area (Å²) in [6.45, 7) is 5.17. The molecule has 7 heteroatoms. The van der Waals surface area contributed by atoms with Gasteiger partial charge in [0.1, 0.15) is 5.75 Å². The molecular weight excluding hydrogens is 338 g/mol. The van der Waals surface area contributed by atoms with E-state index in [0.717, 1.165) is 18.4 Å². The highest BCUT2D eigenvalue weighted by Gasteiger charge is 2.17. The van der Waals surface area contributed by atoms with Crippen molar-refractivity contribution in [3.63, 3.8) is 0 Å². The third-order valence-corrected chi connectivity index (χ3v) is 5.98. The summed E-state index contributed by atoms with van der Waals surface area (Å²) >= 11 is 0. The molecule has 0 unspecified atom stereocenters. The lowest BCUT2D eigenvalue weighted by atomic mass is 9.98. The normalized spacial score (nSPS) is 14.3. The van der Waals surface area contributed by atoms with Gasteiger partial charge in [0.2, 0.25) is 10.0 Å². The van der Waals surface area contributed by atoms with Crippen molar-refractivity contribution in [2.24, 2.45) is 0 Å². The largest absolute Gasteiger partial charge is 0.494 e. The van der Waals surface area contributed by atoms with Gasteiger partial charge >= 0.3 is 0 Å². The molecule has 0 atom stereocenters. The Morgan fingerprint density at radius 1 is 1.28 bits per heavy atom. The predicted molar refractivity (Wildman–Crippen MR) is 96.4 cm³/mol. The Bertz CT molecular complexity index is 843. The van der Waals surface area contributed by atoms with E-state index in [1.807, 2.05) is 24.7 Å². The highest BCUT2D eigenvalue weighted by Crippen LogP contribution is 2.22. The van der Waals surface area contributed by atoms with Crippen LogP contribution in [0.15, 0.2) is 29.3 Å². The number of hydrogen-bond donors (Lipinski definition) is 1. The molecular formula is C18H25N3O3S. The molecule has 25 heavy (non-hydrogen) atoms. The molecule has 6 nitrogen and oxygen atoms in total. The van der Waals surface area contributed by atoms with Crippen LogP contribution in [0.25, 0.3) is 0 Å². The zero-order valence-electron chi connectivity index (χ0n) is 14.8. The fraction of sp³-hybridized carbons (Fsp3) is 0.500. The van der Waals surface area contributed by atoms with Gasteiger partial charge in [-0.25, -0.2) is 13.1 Å². The van der Waals surface area contributed by atoms with Crippen LogP contribution in [0, 0.1) is 6.92 Å². The highest BCUT2D eigenvalue weighted by molar-refractivity contribution is 7.89. The summed E-state index contributed by atoms with van der Waals surface area (Å²) in [6, 6.07) is 4.93. The van der Waals surface area contributed by atoms with Crippen LogP contribution in [0.4, 0.5) is 0 Å². The van der Waals surface area contributed by atoms with E-state index in [0.29, 0.717) is 25.4 Å². The summed E-state index contributed by atoms with van der Waals surface area (Å²) in [6.07, 6.45) is 6.41. The number of aromatic nitrogens is 2. The van der Waals surface area contributed by atoms with Crippen molar-refractivity contribution in [3.05, 3.63) is 41.2 Å². The quantitative estimate of drug-likeness (QED) is 0.820. The first-order valence-electron chi connectivity index (χ1n) is 8.78. The van der Waals surface area contributed by atoms with Gasteiger partial charge in [-0.3, -0.25) is 4.68 Å². The van der Waals surface area contributed by atoms with Crippen LogP contribution >= 0.6 is 0 Å². The lowest BCUT2D eigenvalue weighted by Gasteiger charge is -2.14. The molecule has 0 saturated carbocycles. The zero-order valence-corrected chi connectivity index (χ0v) is 15.6. The zero-order chi connectivity index (χ0) is 17.9. The van der Waals surface area contributed by atoms with Gasteiger partial charge in [0.05, 0.1) is 24.2 Å². The molecule has 1 aromatic carbocycles. The molecule has 0 aliphatic heterocycles. The molecule has 1 N–H and O–H groups in total. The number of hydrogen-bond acceptors (Lipinski definition) is 4. The molecule has 0 saturated heterocycles. The lowest BCUT2D eigenvalue weighted by Crippen LogP contribution is -2.28. The van der Waals surface area contributed by atoms with E-state index < -0.39 is 10.0 Å². The standard InChI is InChI=1S/C18H25N3O3S/c1-3-24-18-9-8-16(12-14(18)2)25(22,23)20-10-11-21-17-7-5-4-6-15(17)13-19-21/h8-9,12-13,20H,3-7,10-11H2,1-2H3. The highest BCUT2D eigenvalue weighted by atomic mass is 32.2. The van der Waals surface area contributed by atoms with Crippen LogP contribution in [0.2, 0.25) is 0 Å². The number of rotatable bonds is 7. The second-order valence-corrected chi connectivity index (χ2v) is 8.07. The third-order valence-electron chi connectivity index (χ3n) is 4.52. The van der Waals surface area contributed by atoms with Crippen LogP contribution in [0.3, 0.4) is 0 Å².